The summed E-state index contributed by atoms with van der Waals surface area (Å²) in [5.41, 5.74) is 2.50. The van der Waals surface area contributed by atoms with E-state index >= 15 is 0 Å². The number of aryl methyl sites for hydroxylation is 2. The third-order valence-corrected chi connectivity index (χ3v) is 3.68. The van der Waals surface area contributed by atoms with Crippen LogP contribution < -0.4 is 0 Å². The zero-order chi connectivity index (χ0) is 12.1. The Kier molecular flexibility index (Phi) is 4.54. The van der Waals surface area contributed by atoms with Gasteiger partial charge in [0.05, 0.1) is 0 Å². The average Bonchev–Trinajstić information content (AvgIpc) is 2.29. The molecule has 2 aromatic carbocycles. The maximum Gasteiger partial charge on any atom is 0.0447 e. The highest BCUT2D eigenvalue weighted by atomic mass is 32.2. The molecule has 0 aliphatic rings. The molecule has 0 saturated carbocycles. The van der Waals surface area contributed by atoms with Crippen LogP contribution >= 0.6 is 24.1 Å². The Bertz CT molecular complexity index is 452. The molecular weight excluding hydrogens is 248 g/mol. The van der Waals surface area contributed by atoms with E-state index in [0.29, 0.717) is 0 Å². The van der Waals surface area contributed by atoms with Crippen molar-refractivity contribution < 1.29 is 3.63 Å². The summed E-state index contributed by atoms with van der Waals surface area (Å²) in [7, 11) is 0. The molecule has 0 N–H and O–H groups in total. The van der Waals surface area contributed by atoms with E-state index in [0.717, 1.165) is 9.79 Å². The number of hydrogen-bond donors (Lipinski definition) is 0. The molecule has 2 rings (SSSR count). The first-order valence-corrected chi connectivity index (χ1v) is 6.87. The molecule has 0 aliphatic carbocycles. The first-order valence-electron chi connectivity index (χ1n) is 5.38. The Labute approximate surface area is 111 Å². The lowest BCUT2D eigenvalue weighted by atomic mass is 10.2. The first kappa shape index (κ1) is 12.6. The lowest BCUT2D eigenvalue weighted by Gasteiger charge is -2.03. The smallest absolute Gasteiger partial charge is 0.0447 e. The highest BCUT2D eigenvalue weighted by Crippen LogP contribution is 2.30. The highest BCUT2D eigenvalue weighted by molar-refractivity contribution is 8.07. The fraction of sp³-hybridized carbons (Fsp3) is 0.143. The summed E-state index contributed by atoms with van der Waals surface area (Å²) in [6.07, 6.45) is 0. The van der Waals surface area contributed by atoms with E-state index in [9.17, 15) is 0 Å². The lowest BCUT2D eigenvalue weighted by Crippen LogP contribution is -1.76. The summed E-state index contributed by atoms with van der Waals surface area (Å²) in [6, 6.07) is 16.6. The Balaban J connectivity index is 1.87. The number of hydrogen-bond acceptors (Lipinski definition) is 3. The summed E-state index contributed by atoms with van der Waals surface area (Å²) in [5, 5.41) is 0. The molecule has 0 heterocycles. The molecule has 0 amide bonds. The third-order valence-electron chi connectivity index (χ3n) is 2.24. The van der Waals surface area contributed by atoms with Crippen molar-refractivity contribution in [1.82, 2.24) is 0 Å². The molecule has 0 fully saturated rings. The first-order chi connectivity index (χ1) is 8.24. The van der Waals surface area contributed by atoms with E-state index in [1.54, 1.807) is 0 Å². The van der Waals surface area contributed by atoms with Gasteiger partial charge in [0.15, 0.2) is 0 Å². The second kappa shape index (κ2) is 6.15. The van der Waals surface area contributed by atoms with E-state index in [1.165, 1.54) is 35.2 Å². The molecule has 1 nitrogen and oxygen atoms in total. The minimum Gasteiger partial charge on any atom is -0.237 e. The summed E-state index contributed by atoms with van der Waals surface area (Å²) >= 11 is 2.80. The molecule has 0 saturated heterocycles. The van der Waals surface area contributed by atoms with Gasteiger partial charge < -0.3 is 0 Å². The molecule has 3 heteroatoms. The van der Waals surface area contributed by atoms with Crippen LogP contribution in [0.2, 0.25) is 0 Å². The van der Waals surface area contributed by atoms with Gasteiger partial charge in [0.2, 0.25) is 0 Å². The molecule has 0 aromatic heterocycles. The normalized spacial score (nSPS) is 10.5. The Morgan fingerprint density at radius 2 is 1.24 bits per heavy atom. The van der Waals surface area contributed by atoms with Crippen molar-refractivity contribution in [2.45, 2.75) is 23.6 Å². The quantitative estimate of drug-likeness (QED) is 0.715. The van der Waals surface area contributed by atoms with Gasteiger partial charge in [-0.1, -0.05) is 24.3 Å². The van der Waals surface area contributed by atoms with Crippen LogP contribution in [0.3, 0.4) is 0 Å². The summed E-state index contributed by atoms with van der Waals surface area (Å²) < 4.78 is 5.55. The zero-order valence-electron chi connectivity index (χ0n) is 9.84. The minimum absolute atomic E-state index is 1.13. The van der Waals surface area contributed by atoms with Gasteiger partial charge in [-0.25, -0.2) is 3.63 Å². The van der Waals surface area contributed by atoms with Crippen LogP contribution in [0.1, 0.15) is 11.1 Å². The molecule has 0 bridgehead atoms. The Morgan fingerprint density at radius 1 is 0.765 bits per heavy atom. The van der Waals surface area contributed by atoms with Gasteiger partial charge in [-0.2, -0.15) is 0 Å². The number of rotatable bonds is 4. The minimum atomic E-state index is 1.13. The van der Waals surface area contributed by atoms with Gasteiger partial charge in [0, 0.05) is 33.9 Å². The van der Waals surface area contributed by atoms with Gasteiger partial charge in [0.1, 0.15) is 0 Å². The second-order valence-corrected chi connectivity index (χ2v) is 5.69. The van der Waals surface area contributed by atoms with Crippen molar-refractivity contribution in [3.63, 3.8) is 0 Å². The molecule has 0 spiro atoms. The SMILES string of the molecule is Cc1cccc(SOSc2cccc(C)c2)c1. The maximum absolute atomic E-state index is 5.55. The predicted molar refractivity (Wildman–Crippen MR) is 75.2 cm³/mol. The highest BCUT2D eigenvalue weighted by Gasteiger charge is 1.98. The van der Waals surface area contributed by atoms with Crippen molar-refractivity contribution >= 4 is 24.1 Å². The topological polar surface area (TPSA) is 9.23 Å². The van der Waals surface area contributed by atoms with Gasteiger partial charge in [-0.15, -0.1) is 0 Å². The third kappa shape index (κ3) is 4.11. The fourth-order valence-corrected chi connectivity index (χ4v) is 2.93. The molecular formula is C14H14OS2. The van der Waals surface area contributed by atoms with Gasteiger partial charge in [-0.05, 0) is 49.2 Å². The second-order valence-electron chi connectivity index (χ2n) is 3.87. The maximum atomic E-state index is 5.55. The fourth-order valence-electron chi connectivity index (χ4n) is 1.43. The van der Waals surface area contributed by atoms with Crippen molar-refractivity contribution in [1.29, 1.82) is 0 Å². The molecule has 0 atom stereocenters. The van der Waals surface area contributed by atoms with Crippen LogP contribution in [0.15, 0.2) is 58.3 Å². The monoisotopic (exact) mass is 262 g/mol. The molecule has 2 aromatic rings. The predicted octanol–water partition coefficient (Wildman–Crippen LogP) is 5.03. The number of benzene rings is 2. The standard InChI is InChI=1S/C14H14OS2/c1-11-5-3-7-13(9-11)16-15-17-14-8-4-6-12(2)10-14/h3-10H,1-2H3. The van der Waals surface area contributed by atoms with Crippen molar-refractivity contribution in [2.75, 3.05) is 0 Å². The lowest BCUT2D eigenvalue weighted by molar-refractivity contribution is 0.756. The van der Waals surface area contributed by atoms with Gasteiger partial charge >= 0.3 is 0 Å². The van der Waals surface area contributed by atoms with Crippen molar-refractivity contribution in [2.24, 2.45) is 0 Å². The van der Waals surface area contributed by atoms with E-state index in [1.807, 2.05) is 12.1 Å². The van der Waals surface area contributed by atoms with E-state index in [2.05, 4.69) is 50.2 Å². The van der Waals surface area contributed by atoms with E-state index < -0.39 is 0 Å². The van der Waals surface area contributed by atoms with Crippen LogP contribution in [0, 0.1) is 13.8 Å². The van der Waals surface area contributed by atoms with Crippen LogP contribution in [-0.2, 0) is 3.63 Å². The molecule has 0 radical (unpaired) electrons. The zero-order valence-corrected chi connectivity index (χ0v) is 11.5. The van der Waals surface area contributed by atoms with Crippen molar-refractivity contribution in [3.8, 4) is 0 Å². The van der Waals surface area contributed by atoms with E-state index in [4.69, 9.17) is 3.63 Å². The molecule has 0 unspecified atom stereocenters. The molecule has 17 heavy (non-hydrogen) atoms. The largest absolute Gasteiger partial charge is 0.237 e. The molecule has 0 aliphatic heterocycles. The average molecular weight is 262 g/mol. The molecule has 88 valence electrons. The van der Waals surface area contributed by atoms with Crippen LogP contribution in [-0.4, -0.2) is 0 Å². The Hall–Kier alpha value is -0.900. The van der Waals surface area contributed by atoms with Gasteiger partial charge in [-0.3, -0.25) is 0 Å². The summed E-state index contributed by atoms with van der Waals surface area (Å²) in [6.45, 7) is 4.16. The van der Waals surface area contributed by atoms with Crippen molar-refractivity contribution in [3.05, 3.63) is 59.7 Å². The van der Waals surface area contributed by atoms with Crippen LogP contribution in [0.4, 0.5) is 0 Å². The summed E-state index contributed by atoms with van der Waals surface area (Å²) in [5.74, 6) is 0. The van der Waals surface area contributed by atoms with Crippen LogP contribution in [0.5, 0.6) is 0 Å². The summed E-state index contributed by atoms with van der Waals surface area (Å²) in [4.78, 5) is 2.26. The van der Waals surface area contributed by atoms with Crippen LogP contribution in [0.25, 0.3) is 0 Å². The van der Waals surface area contributed by atoms with Gasteiger partial charge in [0.25, 0.3) is 0 Å². The Morgan fingerprint density at radius 3 is 1.65 bits per heavy atom. The van der Waals surface area contributed by atoms with E-state index in [-0.39, 0.29) is 0 Å².